The zero-order valence-electron chi connectivity index (χ0n) is 12.1. The van der Waals surface area contributed by atoms with Crippen LogP contribution in [0.1, 0.15) is 29.5 Å². The van der Waals surface area contributed by atoms with E-state index < -0.39 is 0 Å². The molecule has 1 unspecified atom stereocenters. The lowest BCUT2D eigenvalue weighted by molar-refractivity contribution is -0.0764. The zero-order chi connectivity index (χ0) is 13.5. The molecule has 2 aliphatic rings. The molecule has 3 rings (SSSR count). The minimum Gasteiger partial charge on any atom is -0.496 e. The summed E-state index contributed by atoms with van der Waals surface area (Å²) in [4.78, 5) is 0. The summed E-state index contributed by atoms with van der Waals surface area (Å²) in [6, 6.07) is 5.03. The van der Waals surface area contributed by atoms with Crippen molar-refractivity contribution in [2.45, 2.75) is 38.1 Å². The molecule has 0 bridgehead atoms. The number of aryl methyl sites for hydroxylation is 2. The Kier molecular flexibility index (Phi) is 3.27. The van der Waals surface area contributed by atoms with Crippen LogP contribution in [0.2, 0.25) is 0 Å². The molecule has 0 saturated carbocycles. The third-order valence-corrected chi connectivity index (χ3v) is 4.72. The van der Waals surface area contributed by atoms with Crippen LogP contribution in [0.15, 0.2) is 12.1 Å². The predicted molar refractivity (Wildman–Crippen MR) is 76.0 cm³/mol. The number of hydrogen-bond acceptors (Lipinski definition) is 3. The first-order valence-electron chi connectivity index (χ1n) is 7.14. The van der Waals surface area contributed by atoms with Gasteiger partial charge in [-0.15, -0.1) is 0 Å². The van der Waals surface area contributed by atoms with Crippen molar-refractivity contribution in [3.05, 3.63) is 28.8 Å². The smallest absolute Gasteiger partial charge is 0.122 e. The Morgan fingerprint density at radius 1 is 1.26 bits per heavy atom. The molecule has 2 aliphatic heterocycles. The maximum absolute atomic E-state index is 5.59. The first-order valence-corrected chi connectivity index (χ1v) is 7.14. The minimum absolute atomic E-state index is 0.178. The lowest BCUT2D eigenvalue weighted by Crippen LogP contribution is -2.58. The highest BCUT2D eigenvalue weighted by Crippen LogP contribution is 2.42. The van der Waals surface area contributed by atoms with Gasteiger partial charge in [-0.05, 0) is 56.0 Å². The molecule has 0 aliphatic carbocycles. The molecular weight excluding hydrogens is 238 g/mol. The first kappa shape index (κ1) is 12.9. The molecule has 0 amide bonds. The Balaban J connectivity index is 2.02. The molecule has 2 fully saturated rings. The molecule has 3 nitrogen and oxygen atoms in total. The Morgan fingerprint density at radius 2 is 2.05 bits per heavy atom. The Morgan fingerprint density at radius 3 is 2.58 bits per heavy atom. The van der Waals surface area contributed by atoms with E-state index in [4.69, 9.17) is 9.47 Å². The van der Waals surface area contributed by atoms with Crippen molar-refractivity contribution in [1.29, 1.82) is 0 Å². The van der Waals surface area contributed by atoms with Crippen LogP contribution < -0.4 is 10.1 Å². The van der Waals surface area contributed by atoms with Crippen molar-refractivity contribution in [2.75, 3.05) is 26.9 Å². The number of hydrogen-bond donors (Lipinski definition) is 1. The number of ether oxygens (including phenoxy) is 2. The number of methoxy groups -OCH3 is 1. The number of benzene rings is 1. The van der Waals surface area contributed by atoms with Gasteiger partial charge < -0.3 is 14.8 Å². The topological polar surface area (TPSA) is 30.5 Å². The van der Waals surface area contributed by atoms with E-state index in [0.717, 1.165) is 25.5 Å². The van der Waals surface area contributed by atoms with Crippen LogP contribution in [0.25, 0.3) is 0 Å². The maximum Gasteiger partial charge on any atom is 0.122 e. The van der Waals surface area contributed by atoms with Crippen LogP contribution in [0.5, 0.6) is 5.75 Å². The lowest BCUT2D eigenvalue weighted by atomic mass is 9.70. The van der Waals surface area contributed by atoms with Gasteiger partial charge in [0.05, 0.1) is 25.7 Å². The summed E-state index contributed by atoms with van der Waals surface area (Å²) in [5.74, 6) is 0.982. The quantitative estimate of drug-likeness (QED) is 0.906. The molecule has 1 aromatic rings. The van der Waals surface area contributed by atoms with Gasteiger partial charge in [-0.3, -0.25) is 0 Å². The first-order chi connectivity index (χ1) is 9.17. The van der Waals surface area contributed by atoms with Crippen LogP contribution in [0, 0.1) is 13.8 Å². The van der Waals surface area contributed by atoms with Gasteiger partial charge in [0.2, 0.25) is 0 Å². The van der Waals surface area contributed by atoms with Gasteiger partial charge in [0.1, 0.15) is 5.75 Å². The molecule has 0 aromatic heterocycles. The second-order valence-electron chi connectivity index (χ2n) is 5.93. The van der Waals surface area contributed by atoms with E-state index in [-0.39, 0.29) is 5.41 Å². The number of rotatable bonds is 3. The van der Waals surface area contributed by atoms with Crippen molar-refractivity contribution in [3.63, 3.8) is 0 Å². The van der Waals surface area contributed by atoms with Gasteiger partial charge in [-0.25, -0.2) is 0 Å². The van der Waals surface area contributed by atoms with Gasteiger partial charge in [0.15, 0.2) is 0 Å². The standard InChI is InChI=1S/C16H23NO2/c1-11-8-14(18-3)12(2)7-13(11)16(9-19-10-16)15-5-4-6-17-15/h7-8,15,17H,4-6,9-10H2,1-3H3. The molecule has 1 aromatic carbocycles. The van der Waals surface area contributed by atoms with E-state index in [1.54, 1.807) is 7.11 Å². The fourth-order valence-electron chi connectivity index (χ4n) is 3.57. The van der Waals surface area contributed by atoms with Gasteiger partial charge in [0, 0.05) is 6.04 Å². The summed E-state index contributed by atoms with van der Waals surface area (Å²) >= 11 is 0. The van der Waals surface area contributed by atoms with Crippen molar-refractivity contribution in [2.24, 2.45) is 0 Å². The monoisotopic (exact) mass is 261 g/mol. The van der Waals surface area contributed by atoms with Gasteiger partial charge in [-0.1, -0.05) is 6.07 Å². The van der Waals surface area contributed by atoms with E-state index in [1.807, 2.05) is 0 Å². The lowest BCUT2D eigenvalue weighted by Gasteiger charge is -2.47. The summed E-state index contributed by atoms with van der Waals surface area (Å²) in [5, 5.41) is 3.66. The normalized spacial score (nSPS) is 25.1. The zero-order valence-corrected chi connectivity index (χ0v) is 12.1. The summed E-state index contributed by atoms with van der Waals surface area (Å²) in [5.41, 5.74) is 4.15. The predicted octanol–water partition coefficient (Wildman–Crippen LogP) is 2.33. The summed E-state index contributed by atoms with van der Waals surface area (Å²) < 4.78 is 11.0. The molecule has 1 atom stereocenters. The van der Waals surface area contributed by atoms with Crippen LogP contribution in [0.3, 0.4) is 0 Å². The second kappa shape index (κ2) is 4.80. The molecule has 0 radical (unpaired) electrons. The van der Waals surface area contributed by atoms with Crippen LogP contribution in [-0.2, 0) is 10.2 Å². The fourth-order valence-corrected chi connectivity index (χ4v) is 3.57. The Hall–Kier alpha value is -1.06. The highest BCUT2D eigenvalue weighted by molar-refractivity contribution is 5.47. The molecule has 2 heterocycles. The maximum atomic E-state index is 5.59. The van der Waals surface area contributed by atoms with Crippen LogP contribution in [-0.4, -0.2) is 32.9 Å². The average Bonchev–Trinajstić information content (AvgIpc) is 2.86. The molecule has 104 valence electrons. The molecule has 0 spiro atoms. The molecule has 19 heavy (non-hydrogen) atoms. The highest BCUT2D eigenvalue weighted by atomic mass is 16.5. The summed E-state index contributed by atoms with van der Waals surface area (Å²) in [7, 11) is 1.74. The van der Waals surface area contributed by atoms with Crippen molar-refractivity contribution in [3.8, 4) is 5.75 Å². The third-order valence-electron chi connectivity index (χ3n) is 4.72. The molecule has 3 heteroatoms. The van der Waals surface area contributed by atoms with Crippen LogP contribution in [0.4, 0.5) is 0 Å². The van der Waals surface area contributed by atoms with E-state index in [1.165, 1.54) is 29.5 Å². The van der Waals surface area contributed by atoms with Gasteiger partial charge in [0.25, 0.3) is 0 Å². The van der Waals surface area contributed by atoms with E-state index in [2.05, 4.69) is 31.3 Å². The van der Waals surface area contributed by atoms with E-state index in [0.29, 0.717) is 6.04 Å². The largest absolute Gasteiger partial charge is 0.496 e. The molecular formula is C16H23NO2. The van der Waals surface area contributed by atoms with Crippen molar-refractivity contribution < 1.29 is 9.47 Å². The molecule has 1 N–H and O–H groups in total. The third kappa shape index (κ3) is 1.96. The fraction of sp³-hybridized carbons (Fsp3) is 0.625. The van der Waals surface area contributed by atoms with Crippen molar-refractivity contribution in [1.82, 2.24) is 5.32 Å². The number of nitrogens with one attached hydrogen (secondary N) is 1. The van der Waals surface area contributed by atoms with Gasteiger partial charge in [-0.2, -0.15) is 0 Å². The molecule has 2 saturated heterocycles. The minimum atomic E-state index is 0.178. The SMILES string of the molecule is COc1cc(C)c(C2(C3CCCN3)COC2)cc1C. The van der Waals surface area contributed by atoms with Crippen molar-refractivity contribution >= 4 is 0 Å². The summed E-state index contributed by atoms with van der Waals surface area (Å²) in [6.07, 6.45) is 2.54. The van der Waals surface area contributed by atoms with E-state index >= 15 is 0 Å². The van der Waals surface area contributed by atoms with Crippen LogP contribution >= 0.6 is 0 Å². The second-order valence-corrected chi connectivity index (χ2v) is 5.93. The average molecular weight is 261 g/mol. The summed E-state index contributed by atoms with van der Waals surface area (Å²) in [6.45, 7) is 7.14. The van der Waals surface area contributed by atoms with Gasteiger partial charge >= 0.3 is 0 Å². The Labute approximate surface area is 115 Å². The highest BCUT2D eigenvalue weighted by Gasteiger charge is 2.48. The Bertz CT molecular complexity index is 474. The van der Waals surface area contributed by atoms with E-state index in [9.17, 15) is 0 Å².